The van der Waals surface area contributed by atoms with Crippen LogP contribution < -0.4 is 9.64 Å². The number of methoxy groups -OCH3 is 1. The first-order valence-corrected chi connectivity index (χ1v) is 4.98. The summed E-state index contributed by atoms with van der Waals surface area (Å²) in [7, 11) is 3.39. The molecular weight excluding hydrogens is 190 g/mol. The van der Waals surface area contributed by atoms with Gasteiger partial charge in [0.1, 0.15) is 5.75 Å². The second-order valence-electron chi connectivity index (χ2n) is 3.75. The van der Waals surface area contributed by atoms with Crippen LogP contribution in [0.2, 0.25) is 0 Å². The van der Waals surface area contributed by atoms with E-state index in [0.717, 1.165) is 11.4 Å². The molecule has 3 heteroatoms. The molecule has 0 fully saturated rings. The van der Waals surface area contributed by atoms with E-state index in [9.17, 15) is 4.79 Å². The smallest absolute Gasteiger partial charge is 0.229 e. The number of hydrogen-bond acceptors (Lipinski definition) is 2. The fraction of sp³-hybridized carbons (Fsp3) is 0.417. The lowest BCUT2D eigenvalue weighted by Gasteiger charge is -2.19. The van der Waals surface area contributed by atoms with Crippen LogP contribution in [-0.2, 0) is 4.79 Å². The molecule has 0 unspecified atom stereocenters. The van der Waals surface area contributed by atoms with Crippen LogP contribution in [0.1, 0.15) is 13.8 Å². The minimum atomic E-state index is 0.00111. The molecule has 1 aromatic carbocycles. The molecule has 0 saturated carbocycles. The Kier molecular flexibility index (Phi) is 3.72. The van der Waals surface area contributed by atoms with Gasteiger partial charge in [-0.2, -0.15) is 0 Å². The zero-order chi connectivity index (χ0) is 11.4. The fourth-order valence-electron chi connectivity index (χ4n) is 1.33. The molecule has 0 N–H and O–H groups in total. The number of benzene rings is 1. The second-order valence-corrected chi connectivity index (χ2v) is 3.75. The molecule has 15 heavy (non-hydrogen) atoms. The monoisotopic (exact) mass is 207 g/mol. The Balaban J connectivity index is 2.90. The molecule has 82 valence electrons. The van der Waals surface area contributed by atoms with Crippen molar-refractivity contribution in [2.75, 3.05) is 19.1 Å². The van der Waals surface area contributed by atoms with Crippen LogP contribution >= 0.6 is 0 Å². The van der Waals surface area contributed by atoms with Crippen LogP contribution in [-0.4, -0.2) is 20.1 Å². The van der Waals surface area contributed by atoms with Gasteiger partial charge in [0.25, 0.3) is 0 Å². The van der Waals surface area contributed by atoms with E-state index in [1.807, 2.05) is 38.1 Å². The first kappa shape index (κ1) is 11.6. The summed E-state index contributed by atoms with van der Waals surface area (Å²) in [5.74, 6) is 0.861. The highest BCUT2D eigenvalue weighted by Gasteiger charge is 2.14. The summed E-state index contributed by atoms with van der Waals surface area (Å²) < 4.78 is 5.11. The normalized spacial score (nSPS) is 10.2. The number of carbonyl (C=O) groups excluding carboxylic acids is 1. The Morgan fingerprint density at radius 2 is 2.07 bits per heavy atom. The zero-order valence-corrected chi connectivity index (χ0v) is 9.65. The van der Waals surface area contributed by atoms with Crippen molar-refractivity contribution < 1.29 is 9.53 Å². The minimum absolute atomic E-state index is 0.00111. The molecule has 0 bridgehead atoms. The topological polar surface area (TPSA) is 29.5 Å². The van der Waals surface area contributed by atoms with Gasteiger partial charge in [-0.3, -0.25) is 4.79 Å². The molecule has 0 saturated heterocycles. The van der Waals surface area contributed by atoms with E-state index < -0.39 is 0 Å². The largest absolute Gasteiger partial charge is 0.497 e. The highest BCUT2D eigenvalue weighted by molar-refractivity contribution is 5.94. The van der Waals surface area contributed by atoms with E-state index in [4.69, 9.17) is 4.74 Å². The minimum Gasteiger partial charge on any atom is -0.497 e. The van der Waals surface area contributed by atoms with Gasteiger partial charge in [-0.25, -0.2) is 0 Å². The van der Waals surface area contributed by atoms with Gasteiger partial charge in [-0.05, 0) is 12.1 Å². The molecule has 0 radical (unpaired) electrons. The molecule has 0 spiro atoms. The van der Waals surface area contributed by atoms with Crippen LogP contribution in [0, 0.1) is 5.92 Å². The number of anilines is 1. The van der Waals surface area contributed by atoms with Gasteiger partial charge in [0.15, 0.2) is 0 Å². The Morgan fingerprint density at radius 1 is 1.40 bits per heavy atom. The predicted octanol–water partition coefficient (Wildman–Crippen LogP) is 2.31. The van der Waals surface area contributed by atoms with Crippen molar-refractivity contribution in [2.24, 2.45) is 5.92 Å². The molecule has 0 aromatic heterocycles. The summed E-state index contributed by atoms with van der Waals surface area (Å²) in [6, 6.07) is 7.47. The third-order valence-electron chi connectivity index (χ3n) is 2.27. The maximum atomic E-state index is 11.7. The molecule has 0 aliphatic carbocycles. The third kappa shape index (κ3) is 2.72. The molecule has 1 amide bonds. The van der Waals surface area contributed by atoms with Gasteiger partial charge < -0.3 is 9.64 Å². The highest BCUT2D eigenvalue weighted by atomic mass is 16.5. The summed E-state index contributed by atoms with van der Waals surface area (Å²) in [5.41, 5.74) is 0.855. The number of rotatable bonds is 3. The van der Waals surface area contributed by atoms with Crippen molar-refractivity contribution in [1.82, 2.24) is 0 Å². The SMILES string of the molecule is COc1cccc(N(C)C(=O)C(C)C)c1. The van der Waals surface area contributed by atoms with Crippen molar-refractivity contribution in [3.05, 3.63) is 24.3 Å². The Morgan fingerprint density at radius 3 is 2.60 bits per heavy atom. The van der Waals surface area contributed by atoms with Crippen LogP contribution in [0.15, 0.2) is 24.3 Å². The van der Waals surface area contributed by atoms with E-state index in [-0.39, 0.29) is 11.8 Å². The molecule has 3 nitrogen and oxygen atoms in total. The van der Waals surface area contributed by atoms with Crippen molar-refractivity contribution in [1.29, 1.82) is 0 Å². The summed E-state index contributed by atoms with van der Waals surface area (Å²) in [5, 5.41) is 0. The molecule has 0 aliphatic rings. The van der Waals surface area contributed by atoms with Crippen molar-refractivity contribution >= 4 is 11.6 Å². The molecule has 1 rings (SSSR count). The molecule has 1 aromatic rings. The standard InChI is InChI=1S/C12H17NO2/c1-9(2)12(14)13(3)10-6-5-7-11(8-10)15-4/h5-9H,1-4H3. The quantitative estimate of drug-likeness (QED) is 0.761. The maximum absolute atomic E-state index is 11.7. The second kappa shape index (κ2) is 4.82. The van der Waals surface area contributed by atoms with Gasteiger partial charge in [0.05, 0.1) is 7.11 Å². The number of hydrogen-bond donors (Lipinski definition) is 0. The lowest BCUT2D eigenvalue weighted by Crippen LogP contribution is -2.30. The van der Waals surface area contributed by atoms with Crippen LogP contribution in [0.3, 0.4) is 0 Å². The van der Waals surface area contributed by atoms with Gasteiger partial charge in [-0.15, -0.1) is 0 Å². The molecule has 0 atom stereocenters. The molecular formula is C12H17NO2. The fourth-order valence-corrected chi connectivity index (χ4v) is 1.33. The lowest BCUT2D eigenvalue weighted by molar-refractivity contribution is -0.121. The average Bonchev–Trinajstić information content (AvgIpc) is 2.27. The van der Waals surface area contributed by atoms with Gasteiger partial charge >= 0.3 is 0 Å². The molecule has 0 aliphatic heterocycles. The lowest BCUT2D eigenvalue weighted by atomic mass is 10.2. The van der Waals surface area contributed by atoms with Crippen LogP contribution in [0.4, 0.5) is 5.69 Å². The average molecular weight is 207 g/mol. The first-order valence-electron chi connectivity index (χ1n) is 4.98. The Labute approximate surface area is 90.7 Å². The van der Waals surface area contributed by atoms with Crippen LogP contribution in [0.5, 0.6) is 5.75 Å². The number of nitrogens with zero attached hydrogens (tertiary/aromatic N) is 1. The summed E-state index contributed by atoms with van der Waals surface area (Å²) in [6.07, 6.45) is 0. The summed E-state index contributed by atoms with van der Waals surface area (Å²) in [6.45, 7) is 3.78. The van der Waals surface area contributed by atoms with E-state index in [1.54, 1.807) is 19.1 Å². The maximum Gasteiger partial charge on any atom is 0.229 e. The molecule has 0 heterocycles. The summed E-state index contributed by atoms with van der Waals surface area (Å²) >= 11 is 0. The predicted molar refractivity (Wildman–Crippen MR) is 61.2 cm³/mol. The van der Waals surface area contributed by atoms with E-state index >= 15 is 0 Å². The van der Waals surface area contributed by atoms with E-state index in [0.29, 0.717) is 0 Å². The zero-order valence-electron chi connectivity index (χ0n) is 9.65. The van der Waals surface area contributed by atoms with Crippen molar-refractivity contribution in [2.45, 2.75) is 13.8 Å². The van der Waals surface area contributed by atoms with Gasteiger partial charge in [-0.1, -0.05) is 19.9 Å². The number of ether oxygens (including phenoxy) is 1. The van der Waals surface area contributed by atoms with Crippen molar-refractivity contribution in [3.63, 3.8) is 0 Å². The van der Waals surface area contributed by atoms with Gasteiger partial charge in [0.2, 0.25) is 5.91 Å². The van der Waals surface area contributed by atoms with Crippen molar-refractivity contribution in [3.8, 4) is 5.75 Å². The third-order valence-corrected chi connectivity index (χ3v) is 2.27. The number of amides is 1. The summed E-state index contributed by atoms with van der Waals surface area (Å²) in [4.78, 5) is 13.4. The Bertz CT molecular complexity index is 347. The van der Waals surface area contributed by atoms with E-state index in [1.165, 1.54) is 0 Å². The van der Waals surface area contributed by atoms with Gasteiger partial charge in [0, 0.05) is 24.7 Å². The van der Waals surface area contributed by atoms with E-state index in [2.05, 4.69) is 0 Å². The van der Waals surface area contributed by atoms with Crippen LogP contribution in [0.25, 0.3) is 0 Å². The highest BCUT2D eigenvalue weighted by Crippen LogP contribution is 2.20. The number of carbonyl (C=O) groups is 1. The first-order chi connectivity index (χ1) is 7.06. The Hall–Kier alpha value is -1.51.